The maximum Gasteiger partial charge on any atom is 0.0501 e. The molecule has 0 unspecified atom stereocenters. The molecule has 0 spiro atoms. The van der Waals surface area contributed by atoms with Gasteiger partial charge in [0.2, 0.25) is 0 Å². The van der Waals surface area contributed by atoms with Gasteiger partial charge >= 0.3 is 0 Å². The minimum absolute atomic E-state index is 0.576. The van der Waals surface area contributed by atoms with Gasteiger partial charge < -0.3 is 10.1 Å². The Kier molecular flexibility index (Phi) is 3.04. The number of aromatic nitrogens is 1. The van der Waals surface area contributed by atoms with Gasteiger partial charge in [-0.2, -0.15) is 0 Å². The van der Waals surface area contributed by atoms with E-state index in [1.165, 1.54) is 59.0 Å². The quantitative estimate of drug-likeness (QED) is 0.755. The summed E-state index contributed by atoms with van der Waals surface area (Å²) < 4.78 is 2.18. The Morgan fingerprint density at radius 3 is 2.71 bits per heavy atom. The zero-order valence-electron chi connectivity index (χ0n) is 12.2. The fraction of sp³-hybridized carbons (Fsp3) is 0.263. The normalized spacial score (nSPS) is 14.3. The highest BCUT2D eigenvalue weighted by Gasteiger charge is 2.14. The molecule has 1 aliphatic carbocycles. The van der Waals surface area contributed by atoms with E-state index in [-0.39, 0.29) is 0 Å². The fourth-order valence-electron chi connectivity index (χ4n) is 3.54. The Balaban J connectivity index is 1.89. The Labute approximate surface area is 125 Å². The molecule has 2 nitrogen and oxygen atoms in total. The van der Waals surface area contributed by atoms with Crippen LogP contribution in [-0.4, -0.2) is 4.40 Å². The number of fused-ring (bicyclic) bond motifs is 2. The standard InChI is InChI=1S/C19H20N2/c20-12-17-18(13-21-10-4-3-7-19(17)21)16-9-8-14-5-1-2-6-15(14)11-16/h3-4,7-11,13H,1-2,5-6,12,20H2. The van der Waals surface area contributed by atoms with E-state index in [9.17, 15) is 0 Å². The second kappa shape index (κ2) is 5.05. The van der Waals surface area contributed by atoms with Gasteiger partial charge in [-0.05, 0) is 60.1 Å². The fourth-order valence-corrected chi connectivity index (χ4v) is 3.54. The van der Waals surface area contributed by atoms with Crippen LogP contribution >= 0.6 is 0 Å². The van der Waals surface area contributed by atoms with Crippen molar-refractivity contribution in [3.05, 3.63) is 65.5 Å². The molecule has 1 aliphatic rings. The second-order valence-electron chi connectivity index (χ2n) is 5.91. The third kappa shape index (κ3) is 2.07. The average molecular weight is 276 g/mol. The number of benzene rings is 1. The van der Waals surface area contributed by atoms with Crippen molar-refractivity contribution >= 4 is 5.52 Å². The average Bonchev–Trinajstić information content (AvgIpc) is 2.93. The van der Waals surface area contributed by atoms with Gasteiger partial charge in [-0.15, -0.1) is 0 Å². The Morgan fingerprint density at radius 1 is 1.00 bits per heavy atom. The third-order valence-corrected chi connectivity index (χ3v) is 4.66. The van der Waals surface area contributed by atoms with Crippen LogP contribution in [0.2, 0.25) is 0 Å². The van der Waals surface area contributed by atoms with Gasteiger partial charge in [0.15, 0.2) is 0 Å². The molecule has 0 radical (unpaired) electrons. The summed E-state index contributed by atoms with van der Waals surface area (Å²) >= 11 is 0. The first-order valence-electron chi connectivity index (χ1n) is 7.77. The first-order chi connectivity index (χ1) is 10.4. The van der Waals surface area contributed by atoms with Crippen LogP contribution in [0.1, 0.15) is 29.5 Å². The van der Waals surface area contributed by atoms with Crippen LogP contribution in [0.5, 0.6) is 0 Å². The summed E-state index contributed by atoms with van der Waals surface area (Å²) in [5.74, 6) is 0. The molecule has 0 atom stereocenters. The summed E-state index contributed by atoms with van der Waals surface area (Å²) in [6.45, 7) is 0.576. The third-order valence-electron chi connectivity index (χ3n) is 4.66. The molecular weight excluding hydrogens is 256 g/mol. The van der Waals surface area contributed by atoms with E-state index in [0.29, 0.717) is 6.54 Å². The zero-order valence-corrected chi connectivity index (χ0v) is 12.2. The molecule has 21 heavy (non-hydrogen) atoms. The number of pyridine rings is 1. The number of rotatable bonds is 2. The van der Waals surface area contributed by atoms with Crippen molar-refractivity contribution < 1.29 is 0 Å². The topological polar surface area (TPSA) is 30.4 Å². The van der Waals surface area contributed by atoms with Gasteiger partial charge in [-0.1, -0.05) is 24.3 Å². The Morgan fingerprint density at radius 2 is 1.86 bits per heavy atom. The lowest BCUT2D eigenvalue weighted by atomic mass is 9.89. The zero-order chi connectivity index (χ0) is 14.2. The molecule has 0 saturated carbocycles. The van der Waals surface area contributed by atoms with Crippen molar-refractivity contribution in [2.45, 2.75) is 32.2 Å². The predicted octanol–water partition coefficient (Wildman–Crippen LogP) is 3.94. The van der Waals surface area contributed by atoms with Crippen LogP contribution in [-0.2, 0) is 19.4 Å². The van der Waals surface area contributed by atoms with Crippen molar-refractivity contribution in [1.82, 2.24) is 4.40 Å². The minimum atomic E-state index is 0.576. The lowest BCUT2D eigenvalue weighted by molar-refractivity contribution is 0.686. The summed E-state index contributed by atoms with van der Waals surface area (Å²) in [6, 6.07) is 13.2. The van der Waals surface area contributed by atoms with Crippen LogP contribution in [0.4, 0.5) is 0 Å². The van der Waals surface area contributed by atoms with Gasteiger partial charge in [-0.25, -0.2) is 0 Å². The molecule has 2 heteroatoms. The van der Waals surface area contributed by atoms with Crippen LogP contribution in [0.3, 0.4) is 0 Å². The lowest BCUT2D eigenvalue weighted by Crippen LogP contribution is -2.03. The molecule has 0 saturated heterocycles. The van der Waals surface area contributed by atoms with Gasteiger partial charge in [0.25, 0.3) is 0 Å². The Bertz CT molecular complexity index is 798. The molecule has 2 N–H and O–H groups in total. The molecule has 0 amide bonds. The van der Waals surface area contributed by atoms with E-state index in [4.69, 9.17) is 5.73 Å². The molecular formula is C19H20N2. The second-order valence-corrected chi connectivity index (χ2v) is 5.91. The van der Waals surface area contributed by atoms with E-state index >= 15 is 0 Å². The molecule has 2 heterocycles. The highest BCUT2D eigenvalue weighted by atomic mass is 14.9. The first kappa shape index (κ1) is 12.7. The van der Waals surface area contributed by atoms with Crippen LogP contribution in [0, 0.1) is 0 Å². The van der Waals surface area contributed by atoms with E-state index in [1.807, 2.05) is 0 Å². The van der Waals surface area contributed by atoms with E-state index < -0.39 is 0 Å². The monoisotopic (exact) mass is 276 g/mol. The summed E-state index contributed by atoms with van der Waals surface area (Å²) in [5, 5.41) is 0. The smallest absolute Gasteiger partial charge is 0.0501 e. The lowest BCUT2D eigenvalue weighted by Gasteiger charge is -2.16. The highest BCUT2D eigenvalue weighted by molar-refractivity contribution is 5.77. The molecule has 4 rings (SSSR count). The number of nitrogens with two attached hydrogens (primary N) is 1. The minimum Gasteiger partial charge on any atom is -0.326 e. The number of nitrogens with zero attached hydrogens (tertiary/aromatic N) is 1. The van der Waals surface area contributed by atoms with Crippen LogP contribution in [0.15, 0.2) is 48.8 Å². The van der Waals surface area contributed by atoms with E-state index in [2.05, 4.69) is 53.2 Å². The van der Waals surface area contributed by atoms with Crippen molar-refractivity contribution in [3.8, 4) is 11.1 Å². The van der Waals surface area contributed by atoms with Gasteiger partial charge in [0, 0.05) is 24.5 Å². The van der Waals surface area contributed by atoms with Crippen molar-refractivity contribution in [1.29, 1.82) is 0 Å². The molecule has 0 fully saturated rings. The van der Waals surface area contributed by atoms with Gasteiger partial charge in [-0.3, -0.25) is 0 Å². The van der Waals surface area contributed by atoms with Crippen molar-refractivity contribution in [3.63, 3.8) is 0 Å². The number of hydrogen-bond acceptors (Lipinski definition) is 1. The highest BCUT2D eigenvalue weighted by Crippen LogP contribution is 2.32. The molecule has 106 valence electrons. The molecule has 1 aromatic carbocycles. The van der Waals surface area contributed by atoms with E-state index in [1.54, 1.807) is 0 Å². The molecule has 0 aliphatic heterocycles. The van der Waals surface area contributed by atoms with Gasteiger partial charge in [0.05, 0.1) is 5.52 Å². The summed E-state index contributed by atoms with van der Waals surface area (Å²) in [7, 11) is 0. The SMILES string of the molecule is NCc1c(-c2ccc3c(c2)CCCC3)cn2ccccc12. The van der Waals surface area contributed by atoms with Crippen molar-refractivity contribution in [2.75, 3.05) is 0 Å². The summed E-state index contributed by atoms with van der Waals surface area (Å²) in [4.78, 5) is 0. The Hall–Kier alpha value is -2.06. The maximum atomic E-state index is 6.02. The largest absolute Gasteiger partial charge is 0.326 e. The summed E-state index contributed by atoms with van der Waals surface area (Å²) in [5.41, 5.74) is 14.1. The number of aryl methyl sites for hydroxylation is 2. The van der Waals surface area contributed by atoms with Crippen molar-refractivity contribution in [2.24, 2.45) is 5.73 Å². The number of hydrogen-bond donors (Lipinski definition) is 1. The maximum absolute atomic E-state index is 6.02. The van der Waals surface area contributed by atoms with Crippen LogP contribution < -0.4 is 5.73 Å². The van der Waals surface area contributed by atoms with Gasteiger partial charge in [0.1, 0.15) is 0 Å². The molecule has 3 aromatic rings. The van der Waals surface area contributed by atoms with Crippen LogP contribution in [0.25, 0.3) is 16.6 Å². The first-order valence-corrected chi connectivity index (χ1v) is 7.77. The summed E-state index contributed by atoms with van der Waals surface area (Å²) in [6.07, 6.45) is 9.40. The molecule has 2 aromatic heterocycles. The van der Waals surface area contributed by atoms with E-state index in [0.717, 1.165) is 0 Å². The predicted molar refractivity (Wildman–Crippen MR) is 87.4 cm³/mol. The molecule has 0 bridgehead atoms.